The molecule has 0 amide bonds. The summed E-state index contributed by atoms with van der Waals surface area (Å²) in [6.07, 6.45) is -4.55. The number of carbonyl (C=O) groups excluding carboxylic acids is 1. The minimum absolute atomic E-state index is 0.216. The summed E-state index contributed by atoms with van der Waals surface area (Å²) in [5, 5.41) is 1.57. The second-order valence-corrected chi connectivity index (χ2v) is 4.63. The van der Waals surface area contributed by atoms with Crippen LogP contribution in [-0.4, -0.2) is 12.9 Å². The Bertz CT molecular complexity index is 602. The van der Waals surface area contributed by atoms with Crippen molar-refractivity contribution in [1.29, 1.82) is 0 Å². The van der Waals surface area contributed by atoms with E-state index in [1.807, 2.05) is 0 Å². The first-order valence-electron chi connectivity index (χ1n) is 5.27. The van der Waals surface area contributed by atoms with E-state index in [1.54, 1.807) is 5.38 Å². The fourth-order valence-electron chi connectivity index (χ4n) is 1.61. The lowest BCUT2D eigenvalue weighted by molar-refractivity contribution is -0.137. The molecule has 6 heteroatoms. The standard InChI is InChI=1S/C13H9F3O2S/c1-18-8-6-11(19-7-8)12(17)9-4-2-3-5-10(9)13(14,15)16/h2-7H,1H3. The predicted octanol–water partition coefficient (Wildman–Crippen LogP) is 4.01. The van der Waals surface area contributed by atoms with Crippen LogP contribution in [0, 0.1) is 0 Å². The number of benzene rings is 1. The van der Waals surface area contributed by atoms with E-state index in [-0.39, 0.29) is 10.4 Å². The molecule has 2 rings (SSSR count). The van der Waals surface area contributed by atoms with Gasteiger partial charge in [-0.2, -0.15) is 13.2 Å². The van der Waals surface area contributed by atoms with E-state index in [0.29, 0.717) is 5.75 Å². The fourth-order valence-corrected chi connectivity index (χ4v) is 2.41. The number of methoxy groups -OCH3 is 1. The van der Waals surface area contributed by atoms with Gasteiger partial charge in [0.25, 0.3) is 0 Å². The second-order valence-electron chi connectivity index (χ2n) is 3.72. The zero-order valence-electron chi connectivity index (χ0n) is 9.82. The largest absolute Gasteiger partial charge is 0.496 e. The average molecular weight is 286 g/mol. The third kappa shape index (κ3) is 2.78. The minimum Gasteiger partial charge on any atom is -0.496 e. The molecule has 0 unspecified atom stereocenters. The molecule has 0 saturated heterocycles. The van der Waals surface area contributed by atoms with Crippen LogP contribution >= 0.6 is 11.3 Å². The van der Waals surface area contributed by atoms with Crippen molar-refractivity contribution in [2.24, 2.45) is 0 Å². The van der Waals surface area contributed by atoms with Gasteiger partial charge in [-0.3, -0.25) is 4.79 Å². The average Bonchev–Trinajstić information content (AvgIpc) is 2.85. The van der Waals surface area contributed by atoms with Gasteiger partial charge < -0.3 is 4.74 Å². The van der Waals surface area contributed by atoms with E-state index < -0.39 is 17.5 Å². The highest BCUT2D eigenvalue weighted by atomic mass is 32.1. The van der Waals surface area contributed by atoms with Gasteiger partial charge in [-0.15, -0.1) is 11.3 Å². The Morgan fingerprint density at radius 2 is 1.95 bits per heavy atom. The van der Waals surface area contributed by atoms with E-state index in [2.05, 4.69) is 0 Å². The topological polar surface area (TPSA) is 26.3 Å². The molecule has 1 aromatic heterocycles. The Balaban J connectivity index is 2.44. The molecule has 19 heavy (non-hydrogen) atoms. The number of thiophene rings is 1. The molecule has 1 aromatic carbocycles. The van der Waals surface area contributed by atoms with Crippen LogP contribution in [0.3, 0.4) is 0 Å². The normalized spacial score (nSPS) is 11.4. The van der Waals surface area contributed by atoms with Gasteiger partial charge in [-0.05, 0) is 6.07 Å². The number of ketones is 1. The molecule has 0 aliphatic heterocycles. The Morgan fingerprint density at radius 3 is 2.53 bits per heavy atom. The van der Waals surface area contributed by atoms with E-state index in [1.165, 1.54) is 31.4 Å². The van der Waals surface area contributed by atoms with Gasteiger partial charge in [-0.1, -0.05) is 18.2 Å². The smallest absolute Gasteiger partial charge is 0.417 e. The highest BCUT2D eigenvalue weighted by molar-refractivity contribution is 7.12. The Labute approximate surface area is 111 Å². The van der Waals surface area contributed by atoms with Crippen LogP contribution in [0.2, 0.25) is 0 Å². The van der Waals surface area contributed by atoms with Crippen LogP contribution in [-0.2, 0) is 6.18 Å². The van der Waals surface area contributed by atoms with Crippen molar-refractivity contribution in [2.45, 2.75) is 6.18 Å². The van der Waals surface area contributed by atoms with Crippen LogP contribution < -0.4 is 4.74 Å². The first kappa shape index (κ1) is 13.6. The molecule has 0 radical (unpaired) electrons. The van der Waals surface area contributed by atoms with E-state index in [9.17, 15) is 18.0 Å². The molecule has 0 aliphatic rings. The van der Waals surface area contributed by atoms with Gasteiger partial charge in [-0.25, -0.2) is 0 Å². The quantitative estimate of drug-likeness (QED) is 0.797. The molecule has 1 heterocycles. The maximum atomic E-state index is 12.8. The Morgan fingerprint density at radius 1 is 1.26 bits per heavy atom. The van der Waals surface area contributed by atoms with Gasteiger partial charge in [0.15, 0.2) is 0 Å². The van der Waals surface area contributed by atoms with Crippen LogP contribution in [0.25, 0.3) is 0 Å². The first-order chi connectivity index (χ1) is 8.93. The van der Waals surface area contributed by atoms with Gasteiger partial charge in [0.2, 0.25) is 5.78 Å². The SMILES string of the molecule is COc1csc(C(=O)c2ccccc2C(F)(F)F)c1. The summed E-state index contributed by atoms with van der Waals surface area (Å²) in [4.78, 5) is 12.3. The molecular formula is C13H9F3O2S. The van der Waals surface area contributed by atoms with E-state index in [4.69, 9.17) is 4.74 Å². The number of ether oxygens (including phenoxy) is 1. The third-order valence-corrected chi connectivity index (χ3v) is 3.42. The number of hydrogen-bond donors (Lipinski definition) is 0. The monoisotopic (exact) mass is 286 g/mol. The third-order valence-electron chi connectivity index (χ3n) is 2.51. The van der Waals surface area contributed by atoms with Crippen molar-refractivity contribution in [3.8, 4) is 5.75 Å². The Hall–Kier alpha value is -1.82. The molecular weight excluding hydrogens is 277 g/mol. The highest BCUT2D eigenvalue weighted by Gasteiger charge is 2.35. The number of carbonyl (C=O) groups is 1. The molecule has 0 fully saturated rings. The number of rotatable bonds is 3. The summed E-state index contributed by atoms with van der Waals surface area (Å²) in [5.41, 5.74) is -1.27. The molecule has 0 N–H and O–H groups in total. The molecule has 100 valence electrons. The van der Waals surface area contributed by atoms with Gasteiger partial charge in [0.05, 0.1) is 17.6 Å². The van der Waals surface area contributed by atoms with Crippen molar-refractivity contribution in [1.82, 2.24) is 0 Å². The van der Waals surface area contributed by atoms with Crippen LogP contribution in [0.4, 0.5) is 13.2 Å². The molecule has 0 aliphatic carbocycles. The summed E-state index contributed by atoms with van der Waals surface area (Å²) in [6.45, 7) is 0. The van der Waals surface area contributed by atoms with Gasteiger partial charge in [0.1, 0.15) is 5.75 Å². The zero-order chi connectivity index (χ0) is 14.0. The molecule has 0 saturated carbocycles. The van der Waals surface area contributed by atoms with Crippen molar-refractivity contribution in [3.63, 3.8) is 0 Å². The summed E-state index contributed by atoms with van der Waals surface area (Å²) in [6, 6.07) is 6.18. The zero-order valence-corrected chi connectivity index (χ0v) is 10.6. The molecule has 0 spiro atoms. The molecule has 0 bridgehead atoms. The van der Waals surface area contributed by atoms with Gasteiger partial charge in [0, 0.05) is 17.0 Å². The maximum Gasteiger partial charge on any atom is 0.417 e. The first-order valence-corrected chi connectivity index (χ1v) is 6.15. The van der Waals surface area contributed by atoms with Crippen molar-refractivity contribution >= 4 is 17.1 Å². The van der Waals surface area contributed by atoms with Crippen molar-refractivity contribution < 1.29 is 22.7 Å². The maximum absolute atomic E-state index is 12.8. The Kier molecular flexibility index (Phi) is 3.61. The number of alkyl halides is 3. The van der Waals surface area contributed by atoms with Crippen LogP contribution in [0.1, 0.15) is 20.8 Å². The van der Waals surface area contributed by atoms with Crippen molar-refractivity contribution in [2.75, 3.05) is 7.11 Å². The summed E-state index contributed by atoms with van der Waals surface area (Å²) >= 11 is 1.05. The summed E-state index contributed by atoms with van der Waals surface area (Å²) in [5.74, 6) is -0.195. The minimum atomic E-state index is -4.55. The lowest BCUT2D eigenvalue weighted by Gasteiger charge is -2.10. The molecule has 2 aromatic rings. The van der Waals surface area contributed by atoms with Crippen molar-refractivity contribution in [3.05, 3.63) is 51.7 Å². The second kappa shape index (κ2) is 5.05. The van der Waals surface area contributed by atoms with E-state index >= 15 is 0 Å². The predicted molar refractivity (Wildman–Crippen MR) is 65.7 cm³/mol. The van der Waals surface area contributed by atoms with Crippen LogP contribution in [0.5, 0.6) is 5.75 Å². The summed E-state index contributed by atoms with van der Waals surface area (Å²) in [7, 11) is 1.43. The summed E-state index contributed by atoms with van der Waals surface area (Å²) < 4.78 is 43.4. The highest BCUT2D eigenvalue weighted by Crippen LogP contribution is 2.34. The number of hydrogen-bond acceptors (Lipinski definition) is 3. The fraction of sp³-hybridized carbons (Fsp3) is 0.154. The van der Waals surface area contributed by atoms with Crippen LogP contribution in [0.15, 0.2) is 35.7 Å². The molecule has 2 nitrogen and oxygen atoms in total. The number of halogens is 3. The van der Waals surface area contributed by atoms with E-state index in [0.717, 1.165) is 17.4 Å². The lowest BCUT2D eigenvalue weighted by atomic mass is 10.0. The molecule has 0 atom stereocenters. The van der Waals surface area contributed by atoms with Gasteiger partial charge >= 0.3 is 6.18 Å². The lowest BCUT2D eigenvalue weighted by Crippen LogP contribution is -2.12.